The number of amides is 1. The normalized spacial score (nSPS) is 24.1. The summed E-state index contributed by atoms with van der Waals surface area (Å²) in [5.74, 6) is -1.86. The van der Waals surface area contributed by atoms with E-state index in [1.165, 1.54) is 29.0 Å². The number of carboxylic acids is 1. The number of thioether (sulfide) groups is 1. The van der Waals surface area contributed by atoms with Gasteiger partial charge in [0.25, 0.3) is 5.91 Å². The highest BCUT2D eigenvalue weighted by Gasteiger charge is 2.50. The van der Waals surface area contributed by atoms with Gasteiger partial charge in [0, 0.05) is 12.3 Å². The zero-order chi connectivity index (χ0) is 13.4. The second kappa shape index (κ2) is 4.49. The molecule has 1 saturated heterocycles. The molecule has 96 valence electrons. The van der Waals surface area contributed by atoms with Gasteiger partial charge in [-0.2, -0.15) is 0 Å². The highest BCUT2D eigenvalue weighted by molar-refractivity contribution is 8.03. The molecule has 2 aliphatic rings. The first-order chi connectivity index (χ1) is 8.43. The summed E-state index contributed by atoms with van der Waals surface area (Å²) in [6, 6.07) is 0. The highest BCUT2D eigenvalue weighted by Crippen LogP contribution is 2.45. The second-order valence-corrected chi connectivity index (χ2v) is 4.90. The first-order valence-corrected chi connectivity index (χ1v) is 6.13. The molecule has 1 amide bonds. The van der Waals surface area contributed by atoms with Crippen molar-refractivity contribution >= 4 is 29.6 Å². The van der Waals surface area contributed by atoms with Gasteiger partial charge in [-0.05, 0) is 12.5 Å². The Labute approximate surface area is 107 Å². The minimum Gasteiger partial charge on any atom is -0.477 e. The number of hydrogen-bond acceptors (Lipinski definition) is 5. The second-order valence-electron chi connectivity index (χ2n) is 3.95. The van der Waals surface area contributed by atoms with Gasteiger partial charge in [-0.1, -0.05) is 0 Å². The van der Waals surface area contributed by atoms with Crippen molar-refractivity contribution in [3.8, 4) is 0 Å². The maximum atomic E-state index is 11.9. The number of esters is 1. The van der Waals surface area contributed by atoms with Crippen molar-refractivity contribution in [2.75, 3.05) is 6.61 Å². The highest BCUT2D eigenvalue weighted by atomic mass is 32.2. The molecule has 7 heteroatoms. The molecule has 0 radical (unpaired) electrons. The Morgan fingerprint density at radius 3 is 2.72 bits per heavy atom. The lowest BCUT2D eigenvalue weighted by molar-refractivity contribution is -0.141. The van der Waals surface area contributed by atoms with Crippen LogP contribution in [-0.2, 0) is 19.1 Å². The molecule has 1 N–H and O–H groups in total. The van der Waals surface area contributed by atoms with Crippen molar-refractivity contribution in [1.29, 1.82) is 0 Å². The molecular weight excluding hydrogens is 258 g/mol. The molecular formula is C11H11NO5S. The predicted octanol–water partition coefficient (Wildman–Crippen LogP) is 0.707. The third kappa shape index (κ3) is 1.90. The monoisotopic (exact) mass is 269 g/mol. The molecule has 2 heterocycles. The van der Waals surface area contributed by atoms with Gasteiger partial charge in [-0.25, -0.2) is 4.79 Å². The number of fused-ring (bicyclic) bond motifs is 1. The first-order valence-electron chi connectivity index (χ1n) is 5.19. The molecule has 0 aromatic carbocycles. The number of ether oxygens (including phenoxy) is 1. The van der Waals surface area contributed by atoms with Gasteiger partial charge >= 0.3 is 11.9 Å². The molecule has 0 spiro atoms. The maximum Gasteiger partial charge on any atom is 0.353 e. The summed E-state index contributed by atoms with van der Waals surface area (Å²) >= 11 is 1.27. The van der Waals surface area contributed by atoms with Gasteiger partial charge in [0.2, 0.25) is 0 Å². The Hall–Kier alpha value is -1.76. The van der Waals surface area contributed by atoms with E-state index in [2.05, 4.69) is 0 Å². The molecule has 0 bridgehead atoms. The SMILES string of the molecule is CC(=O)OC/C(C)=C1/C(=O)N2C(C(=O)O)=CS[C@H]12. The summed E-state index contributed by atoms with van der Waals surface area (Å²) in [6.45, 7) is 3.05. The number of hydrogen-bond donors (Lipinski definition) is 1. The topological polar surface area (TPSA) is 83.9 Å². The summed E-state index contributed by atoms with van der Waals surface area (Å²) in [4.78, 5) is 34.7. The summed E-state index contributed by atoms with van der Waals surface area (Å²) in [5, 5.41) is 10.1. The van der Waals surface area contributed by atoms with Gasteiger partial charge < -0.3 is 9.84 Å². The fourth-order valence-electron chi connectivity index (χ4n) is 1.79. The smallest absolute Gasteiger partial charge is 0.353 e. The fourth-order valence-corrected chi connectivity index (χ4v) is 3.03. The number of aliphatic carboxylic acids is 1. The maximum absolute atomic E-state index is 11.9. The van der Waals surface area contributed by atoms with Crippen LogP contribution < -0.4 is 0 Å². The average molecular weight is 269 g/mol. The molecule has 1 atom stereocenters. The largest absolute Gasteiger partial charge is 0.477 e. The number of carbonyl (C=O) groups excluding carboxylic acids is 2. The molecule has 2 rings (SSSR count). The minimum atomic E-state index is -1.12. The van der Waals surface area contributed by atoms with Crippen LogP contribution in [0.3, 0.4) is 0 Å². The van der Waals surface area contributed by atoms with Crippen LogP contribution in [0.5, 0.6) is 0 Å². The van der Waals surface area contributed by atoms with E-state index in [4.69, 9.17) is 9.84 Å². The van der Waals surface area contributed by atoms with E-state index in [0.717, 1.165) is 0 Å². The predicted molar refractivity (Wildman–Crippen MR) is 63.3 cm³/mol. The van der Waals surface area contributed by atoms with Crippen molar-refractivity contribution in [3.05, 3.63) is 22.3 Å². The first kappa shape index (κ1) is 12.7. The van der Waals surface area contributed by atoms with Gasteiger partial charge in [0.1, 0.15) is 17.7 Å². The van der Waals surface area contributed by atoms with E-state index >= 15 is 0 Å². The number of β-lactam (4-membered cyclic amide) rings is 1. The van der Waals surface area contributed by atoms with Crippen molar-refractivity contribution < 1.29 is 24.2 Å². The molecule has 6 nitrogen and oxygen atoms in total. The number of carboxylic acid groups (broad SMARTS) is 1. The van der Waals surface area contributed by atoms with Crippen molar-refractivity contribution in [2.24, 2.45) is 0 Å². The van der Waals surface area contributed by atoms with Crippen LogP contribution in [0.1, 0.15) is 13.8 Å². The van der Waals surface area contributed by atoms with Crippen LogP contribution in [0, 0.1) is 0 Å². The zero-order valence-corrected chi connectivity index (χ0v) is 10.6. The van der Waals surface area contributed by atoms with Crippen molar-refractivity contribution in [2.45, 2.75) is 19.2 Å². The van der Waals surface area contributed by atoms with Gasteiger partial charge in [0.05, 0.1) is 5.57 Å². The Bertz CT molecular complexity index is 508. The molecule has 18 heavy (non-hydrogen) atoms. The Morgan fingerprint density at radius 1 is 1.50 bits per heavy atom. The van der Waals surface area contributed by atoms with Crippen LogP contribution in [0.15, 0.2) is 22.3 Å². The minimum absolute atomic E-state index is 0.000892. The number of carbonyl (C=O) groups is 3. The van der Waals surface area contributed by atoms with Crippen LogP contribution in [0.25, 0.3) is 0 Å². The Morgan fingerprint density at radius 2 is 2.17 bits per heavy atom. The standard InChI is InChI=1S/C11H11NO5S/c1-5(3-17-6(2)13)8-9(14)12-7(11(15)16)4-18-10(8)12/h4,10H,3H2,1-2H3,(H,15,16)/b8-5-/t10-/m1/s1. The third-order valence-corrected chi connectivity index (χ3v) is 3.73. The lowest BCUT2D eigenvalue weighted by atomic mass is 10.00. The van der Waals surface area contributed by atoms with E-state index in [9.17, 15) is 14.4 Å². The number of rotatable bonds is 3. The molecule has 0 saturated carbocycles. The van der Waals surface area contributed by atoms with E-state index in [1.54, 1.807) is 6.92 Å². The fraction of sp³-hybridized carbons (Fsp3) is 0.364. The summed E-state index contributed by atoms with van der Waals surface area (Å²) in [7, 11) is 0. The molecule has 1 fully saturated rings. The van der Waals surface area contributed by atoms with E-state index in [0.29, 0.717) is 11.1 Å². The van der Waals surface area contributed by atoms with Gasteiger partial charge in [0.15, 0.2) is 0 Å². The molecule has 0 aliphatic carbocycles. The van der Waals surface area contributed by atoms with Crippen LogP contribution in [-0.4, -0.2) is 39.8 Å². The van der Waals surface area contributed by atoms with Crippen molar-refractivity contribution in [3.63, 3.8) is 0 Å². The van der Waals surface area contributed by atoms with Gasteiger partial charge in [-0.3, -0.25) is 14.5 Å². The third-order valence-electron chi connectivity index (χ3n) is 2.67. The Kier molecular flexibility index (Phi) is 3.16. The van der Waals surface area contributed by atoms with Crippen molar-refractivity contribution in [1.82, 2.24) is 4.90 Å². The molecule has 0 aromatic rings. The molecule has 2 aliphatic heterocycles. The van der Waals surface area contributed by atoms with Crippen LogP contribution in [0.4, 0.5) is 0 Å². The van der Waals surface area contributed by atoms with E-state index < -0.39 is 11.9 Å². The summed E-state index contributed by atoms with van der Waals surface area (Å²) in [5.41, 5.74) is 1.18. The summed E-state index contributed by atoms with van der Waals surface area (Å²) in [6.07, 6.45) is 0. The molecule has 0 aromatic heterocycles. The lowest BCUT2D eigenvalue weighted by Crippen LogP contribution is -2.52. The van der Waals surface area contributed by atoms with Crippen LogP contribution >= 0.6 is 11.8 Å². The zero-order valence-electron chi connectivity index (χ0n) is 9.80. The Balaban J connectivity index is 2.13. The average Bonchev–Trinajstić information content (AvgIpc) is 2.66. The van der Waals surface area contributed by atoms with Crippen LogP contribution in [0.2, 0.25) is 0 Å². The van der Waals surface area contributed by atoms with E-state index in [1.807, 2.05) is 0 Å². The quantitative estimate of drug-likeness (QED) is 0.461. The molecule has 0 unspecified atom stereocenters. The lowest BCUT2D eigenvalue weighted by Gasteiger charge is -2.38. The van der Waals surface area contributed by atoms with Gasteiger partial charge in [-0.15, -0.1) is 11.8 Å². The number of nitrogens with zero attached hydrogens (tertiary/aromatic N) is 1. The summed E-state index contributed by atoms with van der Waals surface area (Å²) < 4.78 is 4.82. The van der Waals surface area contributed by atoms with E-state index in [-0.39, 0.29) is 23.6 Å².